The molecule has 1 saturated heterocycles. The number of rotatable bonds is 5. The molecule has 0 unspecified atom stereocenters. The molecule has 144 valence electrons. The average molecular weight is 397 g/mol. The van der Waals surface area contributed by atoms with Gasteiger partial charge in [0.05, 0.1) is 21.7 Å². The predicted molar refractivity (Wildman–Crippen MR) is 110 cm³/mol. The van der Waals surface area contributed by atoms with E-state index in [2.05, 4.69) is 32.2 Å². The molecule has 0 bridgehead atoms. The number of amides is 1. The van der Waals surface area contributed by atoms with Crippen molar-refractivity contribution in [2.24, 2.45) is 0 Å². The van der Waals surface area contributed by atoms with Crippen LogP contribution in [0, 0.1) is 10.1 Å². The monoisotopic (exact) mass is 397 g/mol. The standard InChI is InChI=1S/C19H19N5O3S/c25-18(13-22-8-10-23(11-9-22)14-4-2-1-3-5-14)21-19-20-16-12-15(24(26)27)6-7-17(16)28-19/h1-7,12H,8-11,13H2,(H,20,21,25). The summed E-state index contributed by atoms with van der Waals surface area (Å²) in [5.41, 5.74) is 1.72. The zero-order valence-corrected chi connectivity index (χ0v) is 15.9. The second-order valence-electron chi connectivity index (χ2n) is 6.58. The van der Waals surface area contributed by atoms with Gasteiger partial charge < -0.3 is 10.2 Å². The van der Waals surface area contributed by atoms with Gasteiger partial charge in [0.1, 0.15) is 0 Å². The summed E-state index contributed by atoms with van der Waals surface area (Å²) >= 11 is 1.31. The van der Waals surface area contributed by atoms with Crippen LogP contribution in [-0.2, 0) is 4.79 Å². The molecule has 28 heavy (non-hydrogen) atoms. The van der Waals surface area contributed by atoms with Crippen molar-refractivity contribution in [3.63, 3.8) is 0 Å². The van der Waals surface area contributed by atoms with Crippen molar-refractivity contribution >= 4 is 44.0 Å². The van der Waals surface area contributed by atoms with E-state index in [0.717, 1.165) is 30.9 Å². The van der Waals surface area contributed by atoms with Gasteiger partial charge in [0.25, 0.3) is 5.69 Å². The van der Waals surface area contributed by atoms with Crippen molar-refractivity contribution < 1.29 is 9.72 Å². The van der Waals surface area contributed by atoms with Crippen molar-refractivity contribution in [3.8, 4) is 0 Å². The number of para-hydroxylation sites is 1. The van der Waals surface area contributed by atoms with Crippen molar-refractivity contribution in [1.82, 2.24) is 9.88 Å². The van der Waals surface area contributed by atoms with Crippen LogP contribution < -0.4 is 10.2 Å². The number of carbonyl (C=O) groups excluding carboxylic acids is 1. The highest BCUT2D eigenvalue weighted by Gasteiger charge is 2.20. The maximum atomic E-state index is 12.4. The molecule has 0 spiro atoms. The van der Waals surface area contributed by atoms with E-state index in [9.17, 15) is 14.9 Å². The van der Waals surface area contributed by atoms with Crippen molar-refractivity contribution in [2.45, 2.75) is 0 Å². The molecule has 3 aromatic rings. The number of aromatic nitrogens is 1. The summed E-state index contributed by atoms with van der Waals surface area (Å²) in [5.74, 6) is -0.123. The van der Waals surface area contributed by atoms with E-state index in [-0.39, 0.29) is 11.6 Å². The third-order valence-electron chi connectivity index (χ3n) is 4.69. The molecule has 2 aromatic carbocycles. The highest BCUT2D eigenvalue weighted by molar-refractivity contribution is 7.22. The Hall–Kier alpha value is -3.04. The predicted octanol–water partition coefficient (Wildman–Crippen LogP) is 2.97. The molecule has 1 aliphatic rings. The van der Waals surface area contributed by atoms with Crippen LogP contribution in [0.25, 0.3) is 10.2 Å². The zero-order chi connectivity index (χ0) is 19.5. The van der Waals surface area contributed by atoms with Crippen LogP contribution in [0.3, 0.4) is 0 Å². The lowest BCUT2D eigenvalue weighted by atomic mass is 10.2. The number of thiazole rings is 1. The number of nitrogens with zero attached hydrogens (tertiary/aromatic N) is 4. The molecule has 4 rings (SSSR count). The van der Waals surface area contributed by atoms with E-state index < -0.39 is 4.92 Å². The summed E-state index contributed by atoms with van der Waals surface area (Å²) in [6.07, 6.45) is 0. The molecular formula is C19H19N5O3S. The lowest BCUT2D eigenvalue weighted by Gasteiger charge is -2.35. The van der Waals surface area contributed by atoms with Gasteiger partial charge in [-0.3, -0.25) is 19.8 Å². The topological polar surface area (TPSA) is 91.6 Å². The molecule has 0 atom stereocenters. The van der Waals surface area contributed by atoms with Gasteiger partial charge in [-0.15, -0.1) is 0 Å². The molecule has 0 aliphatic carbocycles. The molecule has 1 amide bonds. The molecule has 1 aliphatic heterocycles. The Kier molecular flexibility index (Phi) is 5.18. The quantitative estimate of drug-likeness (QED) is 0.526. The van der Waals surface area contributed by atoms with E-state index in [4.69, 9.17) is 0 Å². The minimum absolute atomic E-state index is 0.00744. The first-order chi connectivity index (χ1) is 13.6. The van der Waals surface area contributed by atoms with Crippen LogP contribution >= 0.6 is 11.3 Å². The number of nitrogens with one attached hydrogen (secondary N) is 1. The van der Waals surface area contributed by atoms with Crippen LogP contribution in [0.5, 0.6) is 0 Å². The Morgan fingerprint density at radius 1 is 1.14 bits per heavy atom. The fraction of sp³-hybridized carbons (Fsp3) is 0.263. The molecule has 1 N–H and O–H groups in total. The number of hydrogen-bond donors (Lipinski definition) is 1. The fourth-order valence-corrected chi connectivity index (χ4v) is 4.11. The second-order valence-corrected chi connectivity index (χ2v) is 7.61. The number of nitro benzene ring substituents is 1. The first-order valence-corrected chi connectivity index (χ1v) is 9.77. The molecule has 8 nitrogen and oxygen atoms in total. The normalized spacial score (nSPS) is 14.9. The van der Waals surface area contributed by atoms with Crippen LogP contribution in [-0.4, -0.2) is 53.4 Å². The summed E-state index contributed by atoms with van der Waals surface area (Å²) in [6, 6.07) is 14.8. The Morgan fingerprint density at radius 3 is 2.61 bits per heavy atom. The third-order valence-corrected chi connectivity index (χ3v) is 5.64. The lowest BCUT2D eigenvalue weighted by molar-refractivity contribution is -0.384. The Bertz CT molecular complexity index is 999. The molecular weight excluding hydrogens is 378 g/mol. The number of nitro groups is 1. The molecule has 1 aromatic heterocycles. The summed E-state index contributed by atoms with van der Waals surface area (Å²) in [6.45, 7) is 3.69. The largest absolute Gasteiger partial charge is 0.369 e. The van der Waals surface area contributed by atoms with E-state index in [1.807, 2.05) is 18.2 Å². The van der Waals surface area contributed by atoms with Gasteiger partial charge in [-0.25, -0.2) is 4.98 Å². The summed E-state index contributed by atoms with van der Waals surface area (Å²) in [7, 11) is 0. The van der Waals surface area contributed by atoms with Gasteiger partial charge in [-0.05, 0) is 18.2 Å². The Balaban J connectivity index is 1.32. The molecule has 1 fully saturated rings. The summed E-state index contributed by atoms with van der Waals surface area (Å²) < 4.78 is 0.803. The number of benzene rings is 2. The maximum Gasteiger partial charge on any atom is 0.271 e. The minimum Gasteiger partial charge on any atom is -0.369 e. The number of carbonyl (C=O) groups is 1. The van der Waals surface area contributed by atoms with E-state index in [0.29, 0.717) is 17.2 Å². The molecule has 9 heteroatoms. The van der Waals surface area contributed by atoms with Crippen LogP contribution in [0.15, 0.2) is 48.5 Å². The van der Waals surface area contributed by atoms with Gasteiger partial charge in [0, 0.05) is 44.0 Å². The number of non-ortho nitro benzene ring substituents is 1. The highest BCUT2D eigenvalue weighted by Crippen LogP contribution is 2.28. The Morgan fingerprint density at radius 2 is 1.89 bits per heavy atom. The van der Waals surface area contributed by atoms with Crippen LogP contribution in [0.2, 0.25) is 0 Å². The van der Waals surface area contributed by atoms with Gasteiger partial charge >= 0.3 is 0 Å². The smallest absolute Gasteiger partial charge is 0.271 e. The zero-order valence-electron chi connectivity index (χ0n) is 15.1. The van der Waals surface area contributed by atoms with E-state index >= 15 is 0 Å². The first-order valence-electron chi connectivity index (χ1n) is 8.96. The lowest BCUT2D eigenvalue weighted by Crippen LogP contribution is -2.48. The van der Waals surface area contributed by atoms with E-state index in [1.54, 1.807) is 6.07 Å². The number of hydrogen-bond acceptors (Lipinski definition) is 7. The summed E-state index contributed by atoms with van der Waals surface area (Å²) in [4.78, 5) is 31.5. The average Bonchev–Trinajstić information content (AvgIpc) is 3.10. The molecule has 0 saturated carbocycles. The Labute approximate surface area is 165 Å². The van der Waals surface area contributed by atoms with Gasteiger partial charge in [-0.2, -0.15) is 0 Å². The van der Waals surface area contributed by atoms with Crippen LogP contribution in [0.4, 0.5) is 16.5 Å². The van der Waals surface area contributed by atoms with Crippen molar-refractivity contribution in [3.05, 3.63) is 58.6 Å². The first kappa shape index (κ1) is 18.3. The van der Waals surface area contributed by atoms with Gasteiger partial charge in [0.2, 0.25) is 5.91 Å². The van der Waals surface area contributed by atoms with E-state index in [1.165, 1.54) is 29.2 Å². The molecule has 0 radical (unpaired) electrons. The highest BCUT2D eigenvalue weighted by atomic mass is 32.1. The minimum atomic E-state index is -0.452. The van der Waals surface area contributed by atoms with Gasteiger partial charge in [0.15, 0.2) is 5.13 Å². The van der Waals surface area contributed by atoms with Crippen LogP contribution in [0.1, 0.15) is 0 Å². The molecule has 2 heterocycles. The number of anilines is 2. The third kappa shape index (κ3) is 4.10. The van der Waals surface area contributed by atoms with Gasteiger partial charge in [-0.1, -0.05) is 29.5 Å². The maximum absolute atomic E-state index is 12.4. The SMILES string of the molecule is O=C(CN1CCN(c2ccccc2)CC1)Nc1nc2cc([N+](=O)[O-])ccc2s1. The second kappa shape index (κ2) is 7.91. The van der Waals surface area contributed by atoms with Crippen molar-refractivity contribution in [1.29, 1.82) is 0 Å². The number of fused-ring (bicyclic) bond motifs is 1. The summed E-state index contributed by atoms with van der Waals surface area (Å²) in [5, 5.41) is 14.1. The fourth-order valence-electron chi connectivity index (χ4n) is 3.25. The van der Waals surface area contributed by atoms with Crippen molar-refractivity contribution in [2.75, 3.05) is 42.9 Å². The number of piperazine rings is 1.